The van der Waals surface area contributed by atoms with E-state index >= 15 is 0 Å². The summed E-state index contributed by atoms with van der Waals surface area (Å²) in [6.45, 7) is 4.02. The third kappa shape index (κ3) is 6.50. The van der Waals surface area contributed by atoms with Gasteiger partial charge in [-0.1, -0.05) is 24.3 Å². The second kappa shape index (κ2) is 12.1. The molecule has 0 spiro atoms. The van der Waals surface area contributed by atoms with Gasteiger partial charge in [-0.05, 0) is 74.8 Å². The summed E-state index contributed by atoms with van der Waals surface area (Å²) in [4.78, 5) is 23.2. The first kappa shape index (κ1) is 25.1. The van der Waals surface area contributed by atoms with E-state index in [1.165, 1.54) is 6.07 Å². The highest BCUT2D eigenvalue weighted by molar-refractivity contribution is 5.89. The molecule has 4 aromatic rings. The molecule has 1 aromatic carbocycles. The average molecular weight is 479 g/mol. The van der Waals surface area contributed by atoms with Gasteiger partial charge in [0.05, 0.1) is 5.52 Å². The molecule has 34 heavy (non-hydrogen) atoms. The van der Waals surface area contributed by atoms with Crippen LogP contribution in [0, 0.1) is 6.92 Å². The predicted octanol–water partition coefficient (Wildman–Crippen LogP) is 4.94. The quantitative estimate of drug-likeness (QED) is 0.428. The molecule has 8 heteroatoms. The third-order valence-electron chi connectivity index (χ3n) is 5.36. The molecule has 1 aliphatic heterocycles. The van der Waals surface area contributed by atoms with Crippen molar-refractivity contribution in [2.24, 2.45) is 0 Å². The zero-order valence-electron chi connectivity index (χ0n) is 18.8. The van der Waals surface area contributed by atoms with E-state index in [9.17, 15) is 4.79 Å². The third-order valence-corrected chi connectivity index (χ3v) is 5.36. The summed E-state index contributed by atoms with van der Waals surface area (Å²) < 4.78 is 6.11. The SMILES string of the molecule is Cc1cc(-c2cccnc2OC2CCNCC2)ccn1.Cl.O=C(O)c1ccc2ccccc2n1. The maximum Gasteiger partial charge on any atom is 0.354 e. The van der Waals surface area contributed by atoms with Crippen LogP contribution in [0.4, 0.5) is 0 Å². The smallest absolute Gasteiger partial charge is 0.354 e. The Morgan fingerprint density at radius 3 is 2.56 bits per heavy atom. The predicted molar refractivity (Wildman–Crippen MR) is 135 cm³/mol. The van der Waals surface area contributed by atoms with Crippen LogP contribution < -0.4 is 10.1 Å². The number of hydrogen-bond donors (Lipinski definition) is 2. The number of carbonyl (C=O) groups is 1. The van der Waals surface area contributed by atoms with Crippen molar-refractivity contribution in [3.8, 4) is 17.0 Å². The molecule has 0 amide bonds. The van der Waals surface area contributed by atoms with Crippen molar-refractivity contribution in [3.05, 3.63) is 84.4 Å². The lowest BCUT2D eigenvalue weighted by atomic mass is 10.1. The van der Waals surface area contributed by atoms with E-state index in [0.717, 1.165) is 54.0 Å². The Labute approximate surface area is 204 Å². The number of hydrogen-bond acceptors (Lipinski definition) is 6. The van der Waals surface area contributed by atoms with Gasteiger partial charge in [-0.2, -0.15) is 0 Å². The minimum Gasteiger partial charge on any atom is -0.477 e. The lowest BCUT2D eigenvalue weighted by Gasteiger charge is -2.24. The number of carboxylic acids is 1. The molecule has 2 N–H and O–H groups in total. The number of aromatic carboxylic acids is 1. The summed E-state index contributed by atoms with van der Waals surface area (Å²) in [5.74, 6) is -0.268. The van der Waals surface area contributed by atoms with Crippen molar-refractivity contribution in [3.63, 3.8) is 0 Å². The fraction of sp³-hybridized carbons (Fsp3) is 0.231. The number of pyridine rings is 3. The molecule has 0 aliphatic carbocycles. The van der Waals surface area contributed by atoms with Crippen molar-refractivity contribution in [1.82, 2.24) is 20.3 Å². The van der Waals surface area contributed by atoms with Gasteiger partial charge in [0.25, 0.3) is 0 Å². The van der Waals surface area contributed by atoms with Crippen LogP contribution in [-0.2, 0) is 0 Å². The van der Waals surface area contributed by atoms with Gasteiger partial charge >= 0.3 is 5.97 Å². The first-order valence-electron chi connectivity index (χ1n) is 10.9. The van der Waals surface area contributed by atoms with Gasteiger partial charge in [0.15, 0.2) is 0 Å². The highest BCUT2D eigenvalue weighted by Gasteiger charge is 2.17. The van der Waals surface area contributed by atoms with Crippen molar-refractivity contribution in [2.45, 2.75) is 25.9 Å². The van der Waals surface area contributed by atoms with E-state index < -0.39 is 5.97 Å². The minimum absolute atomic E-state index is 0. The molecule has 0 radical (unpaired) electrons. The van der Waals surface area contributed by atoms with Crippen LogP contribution in [0.15, 0.2) is 73.1 Å². The first-order chi connectivity index (χ1) is 16.1. The summed E-state index contributed by atoms with van der Waals surface area (Å²) in [6.07, 6.45) is 5.93. The van der Waals surface area contributed by atoms with E-state index in [1.807, 2.05) is 43.5 Å². The number of ether oxygens (including phenoxy) is 1. The number of piperidine rings is 1. The van der Waals surface area contributed by atoms with E-state index in [-0.39, 0.29) is 24.2 Å². The van der Waals surface area contributed by atoms with Crippen molar-refractivity contribution >= 4 is 29.3 Å². The van der Waals surface area contributed by atoms with E-state index in [2.05, 4.69) is 32.4 Å². The maximum absolute atomic E-state index is 10.6. The topological polar surface area (TPSA) is 97.2 Å². The summed E-state index contributed by atoms with van der Waals surface area (Å²) >= 11 is 0. The molecule has 0 unspecified atom stereocenters. The lowest BCUT2D eigenvalue weighted by molar-refractivity contribution is 0.0691. The molecule has 0 saturated carbocycles. The number of nitrogens with one attached hydrogen (secondary N) is 1. The highest BCUT2D eigenvalue weighted by atomic mass is 35.5. The Kier molecular flexibility index (Phi) is 8.90. The van der Waals surface area contributed by atoms with Crippen LogP contribution in [0.2, 0.25) is 0 Å². The fourth-order valence-electron chi connectivity index (χ4n) is 3.67. The Morgan fingerprint density at radius 1 is 1.00 bits per heavy atom. The number of rotatable bonds is 4. The lowest BCUT2D eigenvalue weighted by Crippen LogP contribution is -2.34. The summed E-state index contributed by atoms with van der Waals surface area (Å²) in [7, 11) is 0. The van der Waals surface area contributed by atoms with E-state index in [1.54, 1.807) is 18.3 Å². The van der Waals surface area contributed by atoms with Gasteiger partial charge in [-0.25, -0.2) is 14.8 Å². The molecule has 3 aromatic heterocycles. The average Bonchev–Trinajstić information content (AvgIpc) is 2.85. The summed E-state index contributed by atoms with van der Waals surface area (Å²) in [5.41, 5.74) is 3.94. The largest absolute Gasteiger partial charge is 0.477 e. The summed E-state index contributed by atoms with van der Waals surface area (Å²) in [5, 5.41) is 13.0. The van der Waals surface area contributed by atoms with Gasteiger partial charge in [0.1, 0.15) is 11.8 Å². The Hall–Kier alpha value is -3.55. The van der Waals surface area contributed by atoms with Crippen molar-refractivity contribution in [2.75, 3.05) is 13.1 Å². The van der Waals surface area contributed by atoms with E-state index in [0.29, 0.717) is 5.52 Å². The number of benzene rings is 1. The molecule has 1 aliphatic rings. The van der Waals surface area contributed by atoms with Crippen LogP contribution in [0.5, 0.6) is 5.88 Å². The molecule has 0 bridgehead atoms. The number of fused-ring (bicyclic) bond motifs is 1. The first-order valence-corrected chi connectivity index (χ1v) is 10.9. The second-order valence-electron chi connectivity index (χ2n) is 7.80. The molecular formula is C26H27ClN4O3. The maximum atomic E-state index is 10.6. The van der Waals surface area contributed by atoms with Gasteiger partial charge in [-0.15, -0.1) is 12.4 Å². The van der Waals surface area contributed by atoms with Crippen LogP contribution in [0.3, 0.4) is 0 Å². The highest BCUT2D eigenvalue weighted by Crippen LogP contribution is 2.29. The minimum atomic E-state index is -0.995. The number of aromatic nitrogens is 3. The van der Waals surface area contributed by atoms with Crippen LogP contribution in [-0.4, -0.2) is 45.2 Å². The Balaban J connectivity index is 0.000000201. The molecule has 5 rings (SSSR count). The molecule has 4 heterocycles. The van der Waals surface area contributed by atoms with E-state index in [4.69, 9.17) is 9.84 Å². The molecule has 1 saturated heterocycles. The Bertz CT molecular complexity index is 1250. The summed E-state index contributed by atoms with van der Waals surface area (Å²) in [6, 6.07) is 18.7. The van der Waals surface area contributed by atoms with Gasteiger partial charge in [0.2, 0.25) is 5.88 Å². The van der Waals surface area contributed by atoms with Crippen LogP contribution in [0.25, 0.3) is 22.0 Å². The van der Waals surface area contributed by atoms with Crippen LogP contribution >= 0.6 is 12.4 Å². The number of carboxylic acid groups (broad SMARTS) is 1. The molecular weight excluding hydrogens is 452 g/mol. The number of nitrogens with zero attached hydrogens (tertiary/aromatic N) is 3. The zero-order chi connectivity index (χ0) is 23.0. The Morgan fingerprint density at radius 2 is 1.79 bits per heavy atom. The molecule has 176 valence electrons. The molecule has 0 atom stereocenters. The second-order valence-corrected chi connectivity index (χ2v) is 7.80. The number of aryl methyl sites for hydroxylation is 1. The van der Waals surface area contributed by atoms with Gasteiger partial charge < -0.3 is 15.2 Å². The monoisotopic (exact) mass is 478 g/mol. The van der Waals surface area contributed by atoms with Gasteiger partial charge in [-0.3, -0.25) is 4.98 Å². The van der Waals surface area contributed by atoms with Gasteiger partial charge in [0, 0.05) is 29.0 Å². The van der Waals surface area contributed by atoms with Crippen molar-refractivity contribution in [1.29, 1.82) is 0 Å². The fourth-order valence-corrected chi connectivity index (χ4v) is 3.67. The standard InChI is InChI=1S/C16H19N3O.C10H7NO2.ClH/c1-12-11-13(4-10-18-12)15-3-2-7-19-16(15)20-14-5-8-17-9-6-14;12-10(13)9-6-5-7-3-1-2-4-8(7)11-9;/h2-4,7,10-11,14,17H,5-6,8-9H2,1H3;1-6H,(H,12,13);1H. The molecule has 7 nitrogen and oxygen atoms in total. The zero-order valence-corrected chi connectivity index (χ0v) is 19.7. The molecule has 1 fully saturated rings. The number of halogens is 1. The normalized spacial score (nSPS) is 13.3. The van der Waals surface area contributed by atoms with Crippen LogP contribution in [0.1, 0.15) is 29.0 Å². The number of para-hydroxylation sites is 1. The van der Waals surface area contributed by atoms with Crippen molar-refractivity contribution < 1.29 is 14.6 Å².